The van der Waals surface area contributed by atoms with Crippen LogP contribution in [0.5, 0.6) is 0 Å². The lowest BCUT2D eigenvalue weighted by molar-refractivity contribution is -0.130. The summed E-state index contributed by atoms with van der Waals surface area (Å²) < 4.78 is 2.07. The molecule has 0 unspecified atom stereocenters. The molecule has 10 heteroatoms. The second kappa shape index (κ2) is 16.7. The minimum Gasteiger partial charge on any atom is -0.373 e. The molecule has 53 heavy (non-hydrogen) atoms. The van der Waals surface area contributed by atoms with E-state index in [1.54, 1.807) is 37.6 Å². The third-order valence-corrected chi connectivity index (χ3v) is 9.56. The summed E-state index contributed by atoms with van der Waals surface area (Å²) in [6.45, 7) is 5.68. The number of amides is 2. The monoisotopic (exact) mass is 726 g/mol. The highest BCUT2D eigenvalue weighted by Gasteiger charge is 2.38. The second-order valence-corrected chi connectivity index (χ2v) is 14.0. The zero-order valence-corrected chi connectivity index (χ0v) is 30.7. The molecule has 2 heterocycles. The Balaban J connectivity index is 1.21. The Morgan fingerprint density at radius 1 is 0.792 bits per heavy atom. The first-order chi connectivity index (χ1) is 25.7. The molecule has 270 valence electrons. The number of pyridine rings is 1. The molecule has 3 N–H and O–H groups in total. The van der Waals surface area contributed by atoms with E-state index in [9.17, 15) is 14.4 Å². The fourth-order valence-electron chi connectivity index (χ4n) is 6.83. The highest BCUT2D eigenvalue weighted by molar-refractivity contribution is 6.31. The SMILES string of the molecule is CC(C)C[C@H](NC(=O)[C@H](C)Nc1ccnc2cc(Cl)ccc12)C(=O)N[C@H](C=O)Cc1cn(C(c2ccccc2)(c2ccccc2)c2ccccc2)cn1. The molecule has 3 atom stereocenters. The molecule has 9 nitrogen and oxygen atoms in total. The number of imidazole rings is 1. The van der Waals surface area contributed by atoms with Crippen LogP contribution in [0.4, 0.5) is 5.69 Å². The largest absolute Gasteiger partial charge is 0.373 e. The summed E-state index contributed by atoms with van der Waals surface area (Å²) in [5.74, 6) is -0.701. The van der Waals surface area contributed by atoms with Crippen LogP contribution in [0.2, 0.25) is 5.02 Å². The Morgan fingerprint density at radius 2 is 1.40 bits per heavy atom. The minimum absolute atomic E-state index is 0.0932. The van der Waals surface area contributed by atoms with Crippen molar-refractivity contribution < 1.29 is 14.4 Å². The van der Waals surface area contributed by atoms with Crippen molar-refractivity contribution in [1.29, 1.82) is 0 Å². The van der Waals surface area contributed by atoms with Crippen LogP contribution < -0.4 is 16.0 Å². The van der Waals surface area contributed by atoms with Crippen LogP contribution >= 0.6 is 11.6 Å². The Morgan fingerprint density at radius 3 is 1.96 bits per heavy atom. The van der Waals surface area contributed by atoms with Crippen molar-refractivity contribution in [2.24, 2.45) is 5.92 Å². The molecule has 0 saturated heterocycles. The Bertz CT molecular complexity index is 2060. The van der Waals surface area contributed by atoms with Crippen LogP contribution in [0.1, 0.15) is 49.6 Å². The number of benzene rings is 4. The van der Waals surface area contributed by atoms with Crippen LogP contribution in [-0.2, 0) is 26.3 Å². The predicted molar refractivity (Wildman–Crippen MR) is 210 cm³/mol. The number of fused-ring (bicyclic) bond motifs is 1. The van der Waals surface area contributed by atoms with E-state index in [1.807, 2.05) is 80.7 Å². The summed E-state index contributed by atoms with van der Waals surface area (Å²) in [6.07, 6.45) is 6.63. The number of anilines is 1. The predicted octanol–water partition coefficient (Wildman–Crippen LogP) is 7.18. The highest BCUT2D eigenvalue weighted by atomic mass is 35.5. The lowest BCUT2D eigenvalue weighted by Gasteiger charge is -2.37. The topological polar surface area (TPSA) is 118 Å². The van der Waals surface area contributed by atoms with Crippen LogP contribution in [0.15, 0.2) is 134 Å². The van der Waals surface area contributed by atoms with Gasteiger partial charge in [0, 0.05) is 34.9 Å². The summed E-state index contributed by atoms with van der Waals surface area (Å²) in [6, 6.07) is 35.5. The van der Waals surface area contributed by atoms with Gasteiger partial charge in [-0.15, -0.1) is 0 Å². The van der Waals surface area contributed by atoms with Crippen molar-refractivity contribution in [1.82, 2.24) is 25.2 Å². The molecule has 0 aliphatic rings. The normalized spacial score (nSPS) is 13.2. The van der Waals surface area contributed by atoms with Gasteiger partial charge in [0.1, 0.15) is 23.9 Å². The molecule has 6 aromatic rings. The quantitative estimate of drug-likeness (QED) is 0.0763. The van der Waals surface area contributed by atoms with Crippen molar-refractivity contribution in [3.05, 3.63) is 161 Å². The number of rotatable bonds is 15. The van der Waals surface area contributed by atoms with Crippen LogP contribution in [0, 0.1) is 5.92 Å². The van der Waals surface area contributed by atoms with E-state index in [4.69, 9.17) is 16.6 Å². The lowest BCUT2D eigenvalue weighted by atomic mass is 9.77. The maximum atomic E-state index is 13.7. The first-order valence-electron chi connectivity index (χ1n) is 17.8. The van der Waals surface area contributed by atoms with Crippen molar-refractivity contribution in [2.45, 2.75) is 57.3 Å². The van der Waals surface area contributed by atoms with Crippen LogP contribution in [0.25, 0.3) is 10.9 Å². The zero-order chi connectivity index (χ0) is 37.4. The number of carbonyl (C=O) groups is 3. The minimum atomic E-state index is -0.873. The summed E-state index contributed by atoms with van der Waals surface area (Å²) in [4.78, 5) is 48.8. The number of aromatic nitrogens is 3. The average molecular weight is 727 g/mol. The van der Waals surface area contributed by atoms with Gasteiger partial charge in [0.2, 0.25) is 11.8 Å². The molecular formula is C43H43ClN6O3. The molecule has 0 spiro atoms. The van der Waals surface area contributed by atoms with Gasteiger partial charge >= 0.3 is 0 Å². The Kier molecular flexibility index (Phi) is 11.6. The number of nitrogens with zero attached hydrogens (tertiary/aromatic N) is 3. The van der Waals surface area contributed by atoms with Crippen molar-refractivity contribution in [3.8, 4) is 0 Å². The van der Waals surface area contributed by atoms with Gasteiger partial charge < -0.3 is 25.3 Å². The molecule has 0 aliphatic heterocycles. The van der Waals surface area contributed by atoms with Crippen molar-refractivity contribution in [3.63, 3.8) is 0 Å². The molecule has 0 saturated carbocycles. The van der Waals surface area contributed by atoms with E-state index in [-0.39, 0.29) is 18.2 Å². The number of hydrogen-bond donors (Lipinski definition) is 3. The average Bonchev–Trinajstić information content (AvgIpc) is 3.64. The highest BCUT2D eigenvalue weighted by Crippen LogP contribution is 2.40. The summed E-state index contributed by atoms with van der Waals surface area (Å²) >= 11 is 6.15. The van der Waals surface area contributed by atoms with Gasteiger partial charge in [-0.05, 0) is 60.2 Å². The summed E-state index contributed by atoms with van der Waals surface area (Å²) in [5.41, 5.74) is 4.40. The molecule has 2 aromatic heterocycles. The Hall–Kier alpha value is -5.80. The molecule has 0 aliphatic carbocycles. The van der Waals surface area contributed by atoms with E-state index in [0.717, 1.165) is 34.1 Å². The number of halogens is 1. The van der Waals surface area contributed by atoms with Gasteiger partial charge in [-0.2, -0.15) is 0 Å². The standard InChI is InChI=1S/C43H43ClN6O3/c1-29(2)23-40(49-41(52)30(3)47-38-21-22-45-39-24-34(44)19-20-37(38)39)42(53)48-36(27-51)25-35-26-50(28-46-35)43(31-13-7-4-8-14-31,32-15-9-5-10-16-32)33-17-11-6-12-18-33/h4-22,24,26-30,36,40H,23,25H2,1-3H3,(H,45,47)(H,48,53)(H,49,52)/t30-,36-,40-/m0/s1. The van der Waals surface area contributed by atoms with Gasteiger partial charge in [-0.25, -0.2) is 4.98 Å². The Labute approximate surface area is 314 Å². The summed E-state index contributed by atoms with van der Waals surface area (Å²) in [7, 11) is 0. The lowest BCUT2D eigenvalue weighted by Crippen LogP contribution is -2.53. The van der Waals surface area contributed by atoms with E-state index >= 15 is 0 Å². The third kappa shape index (κ3) is 8.31. The molecule has 0 bridgehead atoms. The first kappa shape index (κ1) is 37.0. The van der Waals surface area contributed by atoms with Crippen LogP contribution in [0.3, 0.4) is 0 Å². The number of aldehydes is 1. The van der Waals surface area contributed by atoms with E-state index < -0.39 is 29.6 Å². The molecule has 6 rings (SSSR count). The number of nitrogens with one attached hydrogen (secondary N) is 3. The third-order valence-electron chi connectivity index (χ3n) is 9.33. The fraction of sp³-hybridized carbons (Fsp3) is 0.233. The fourth-order valence-corrected chi connectivity index (χ4v) is 6.99. The number of hydrogen-bond acceptors (Lipinski definition) is 6. The molecular weight excluding hydrogens is 684 g/mol. The van der Waals surface area contributed by atoms with E-state index in [1.165, 1.54) is 0 Å². The zero-order valence-electron chi connectivity index (χ0n) is 29.9. The maximum Gasteiger partial charge on any atom is 0.243 e. The molecule has 4 aromatic carbocycles. The summed E-state index contributed by atoms with van der Waals surface area (Å²) in [5, 5.41) is 10.4. The van der Waals surface area contributed by atoms with Gasteiger partial charge in [0.15, 0.2) is 0 Å². The first-order valence-corrected chi connectivity index (χ1v) is 18.1. The maximum absolute atomic E-state index is 13.7. The van der Waals surface area contributed by atoms with Gasteiger partial charge in [-0.3, -0.25) is 14.6 Å². The molecule has 0 radical (unpaired) electrons. The van der Waals surface area contributed by atoms with Gasteiger partial charge in [0.05, 0.1) is 23.6 Å². The van der Waals surface area contributed by atoms with Crippen molar-refractivity contribution in [2.75, 3.05) is 5.32 Å². The number of carbonyl (C=O) groups excluding carboxylic acids is 3. The van der Waals surface area contributed by atoms with Gasteiger partial charge in [0.25, 0.3) is 0 Å². The molecule has 2 amide bonds. The van der Waals surface area contributed by atoms with Crippen molar-refractivity contribution >= 4 is 46.3 Å². The van der Waals surface area contributed by atoms with E-state index in [2.05, 4.69) is 61.9 Å². The molecule has 0 fully saturated rings. The van der Waals surface area contributed by atoms with Crippen LogP contribution in [-0.4, -0.2) is 50.8 Å². The smallest absolute Gasteiger partial charge is 0.243 e. The van der Waals surface area contributed by atoms with Gasteiger partial charge in [-0.1, -0.05) is 116 Å². The second-order valence-electron chi connectivity index (χ2n) is 13.6. The van der Waals surface area contributed by atoms with E-state index in [0.29, 0.717) is 22.7 Å².